The molecule has 1 saturated heterocycles. The van der Waals surface area contributed by atoms with Crippen LogP contribution in [0.25, 0.3) is 17.0 Å². The highest BCUT2D eigenvalue weighted by atomic mass is 16.6. The molecule has 8 nitrogen and oxygen atoms in total. The number of nitrogens with zero attached hydrogens (tertiary/aromatic N) is 3. The molecule has 1 aliphatic heterocycles. The molecule has 166 valence electrons. The number of hydrogen-bond acceptors (Lipinski definition) is 5. The maximum Gasteiger partial charge on any atom is 0.307 e. The number of hydrazine groups is 1. The standard InChI is InChI=1S/C23H29N3O5/c1-4-5-11-26-23(29)19(22(28)24(26)2)15-17-16-25(20-9-7-6-8-18(17)20)12-10-21(27)31-14-13-30-3/h6-9,15-16H,4-5,10-14H2,1-3H3/b19-15+. The minimum absolute atomic E-state index is 0.153. The number of fused-ring (bicyclic) bond motifs is 1. The molecular weight excluding hydrogens is 398 g/mol. The summed E-state index contributed by atoms with van der Waals surface area (Å²) in [5.41, 5.74) is 1.85. The Kier molecular flexibility index (Phi) is 7.46. The number of ether oxygens (including phenoxy) is 2. The predicted octanol–water partition coefficient (Wildman–Crippen LogP) is 2.62. The fraction of sp³-hybridized carbons (Fsp3) is 0.435. The normalized spacial score (nSPS) is 15.5. The van der Waals surface area contributed by atoms with Gasteiger partial charge in [-0.05, 0) is 18.6 Å². The monoisotopic (exact) mass is 427 g/mol. The van der Waals surface area contributed by atoms with Crippen molar-refractivity contribution in [3.63, 3.8) is 0 Å². The average Bonchev–Trinajstić information content (AvgIpc) is 3.22. The second-order valence-corrected chi connectivity index (χ2v) is 7.43. The summed E-state index contributed by atoms with van der Waals surface area (Å²) >= 11 is 0. The van der Waals surface area contributed by atoms with Crippen LogP contribution in [0.4, 0.5) is 0 Å². The number of para-hydroxylation sites is 1. The van der Waals surface area contributed by atoms with Gasteiger partial charge < -0.3 is 14.0 Å². The summed E-state index contributed by atoms with van der Waals surface area (Å²) in [6.07, 6.45) is 5.50. The van der Waals surface area contributed by atoms with Crippen molar-refractivity contribution in [1.29, 1.82) is 0 Å². The van der Waals surface area contributed by atoms with Crippen molar-refractivity contribution in [3.05, 3.63) is 41.6 Å². The van der Waals surface area contributed by atoms with Gasteiger partial charge in [-0.15, -0.1) is 0 Å². The lowest BCUT2D eigenvalue weighted by atomic mass is 10.1. The zero-order valence-corrected chi connectivity index (χ0v) is 18.3. The third-order valence-corrected chi connectivity index (χ3v) is 5.30. The summed E-state index contributed by atoms with van der Waals surface area (Å²) in [5, 5.41) is 3.80. The van der Waals surface area contributed by atoms with Gasteiger partial charge in [0.05, 0.1) is 13.0 Å². The zero-order valence-electron chi connectivity index (χ0n) is 18.3. The Morgan fingerprint density at radius 1 is 1.10 bits per heavy atom. The van der Waals surface area contributed by atoms with E-state index in [0.29, 0.717) is 19.7 Å². The summed E-state index contributed by atoms with van der Waals surface area (Å²) < 4.78 is 12.0. The number of aryl methyl sites for hydroxylation is 1. The molecule has 2 heterocycles. The number of rotatable bonds is 10. The van der Waals surface area contributed by atoms with E-state index in [1.54, 1.807) is 20.2 Å². The summed E-state index contributed by atoms with van der Waals surface area (Å²) in [4.78, 5) is 37.5. The fourth-order valence-electron chi connectivity index (χ4n) is 3.59. The zero-order chi connectivity index (χ0) is 22.4. The number of benzene rings is 1. The van der Waals surface area contributed by atoms with Gasteiger partial charge in [0, 0.05) is 49.9 Å². The lowest BCUT2D eigenvalue weighted by Gasteiger charge is -2.22. The molecule has 0 atom stereocenters. The number of hydrogen-bond donors (Lipinski definition) is 0. The van der Waals surface area contributed by atoms with Crippen molar-refractivity contribution >= 4 is 34.8 Å². The highest BCUT2D eigenvalue weighted by Gasteiger charge is 2.38. The Morgan fingerprint density at radius 3 is 2.61 bits per heavy atom. The van der Waals surface area contributed by atoms with Gasteiger partial charge in [-0.25, -0.2) is 5.01 Å². The van der Waals surface area contributed by atoms with E-state index in [2.05, 4.69) is 0 Å². The van der Waals surface area contributed by atoms with Crippen LogP contribution < -0.4 is 0 Å². The molecule has 1 fully saturated rings. The van der Waals surface area contributed by atoms with Crippen LogP contribution in [0, 0.1) is 0 Å². The largest absolute Gasteiger partial charge is 0.463 e. The second kappa shape index (κ2) is 10.3. The number of carbonyl (C=O) groups is 3. The Labute approximate surface area is 182 Å². The second-order valence-electron chi connectivity index (χ2n) is 7.43. The van der Waals surface area contributed by atoms with Gasteiger partial charge in [0.2, 0.25) is 0 Å². The summed E-state index contributed by atoms with van der Waals surface area (Å²) in [6, 6.07) is 7.72. The molecule has 0 unspecified atom stereocenters. The average molecular weight is 428 g/mol. The van der Waals surface area contributed by atoms with Crippen molar-refractivity contribution in [2.45, 2.75) is 32.7 Å². The molecule has 0 N–H and O–H groups in total. The third kappa shape index (κ3) is 4.96. The SMILES string of the molecule is CCCCN1C(=O)/C(=C/c2cn(CCC(=O)OCCOC)c3ccccc23)C(=O)N1C. The van der Waals surface area contributed by atoms with E-state index in [4.69, 9.17) is 9.47 Å². The quantitative estimate of drug-likeness (QED) is 0.252. The number of carbonyl (C=O) groups excluding carboxylic acids is 3. The number of likely N-dealkylation sites (N-methyl/N-ethyl adjacent to an activating group) is 1. The van der Waals surface area contributed by atoms with Gasteiger partial charge in [0.15, 0.2) is 0 Å². The fourth-order valence-corrected chi connectivity index (χ4v) is 3.59. The predicted molar refractivity (Wildman–Crippen MR) is 117 cm³/mol. The number of unbranched alkanes of at least 4 members (excludes halogenated alkanes) is 1. The first-order valence-electron chi connectivity index (χ1n) is 10.5. The molecule has 3 rings (SSSR count). The molecule has 1 aromatic heterocycles. The molecule has 0 bridgehead atoms. The van der Waals surface area contributed by atoms with E-state index in [-0.39, 0.29) is 36.4 Å². The number of methoxy groups -OCH3 is 1. The molecular formula is C23H29N3O5. The van der Waals surface area contributed by atoms with Crippen molar-refractivity contribution in [2.24, 2.45) is 0 Å². The van der Waals surface area contributed by atoms with E-state index in [0.717, 1.165) is 29.3 Å². The third-order valence-electron chi connectivity index (χ3n) is 5.30. The maximum absolute atomic E-state index is 12.8. The van der Waals surface area contributed by atoms with Crippen molar-refractivity contribution < 1.29 is 23.9 Å². The molecule has 8 heteroatoms. The molecule has 31 heavy (non-hydrogen) atoms. The van der Waals surface area contributed by atoms with E-state index in [9.17, 15) is 14.4 Å². The summed E-state index contributed by atoms with van der Waals surface area (Å²) in [7, 11) is 3.17. The lowest BCUT2D eigenvalue weighted by Crippen LogP contribution is -2.38. The van der Waals surface area contributed by atoms with Crippen LogP contribution in [-0.4, -0.2) is 66.3 Å². The van der Waals surface area contributed by atoms with E-state index < -0.39 is 0 Å². The van der Waals surface area contributed by atoms with E-state index in [1.165, 1.54) is 10.0 Å². The topological polar surface area (TPSA) is 81.1 Å². The first-order chi connectivity index (χ1) is 15.0. The number of esters is 1. The highest BCUT2D eigenvalue weighted by molar-refractivity contribution is 6.25. The Morgan fingerprint density at radius 2 is 1.87 bits per heavy atom. The molecule has 0 saturated carbocycles. The van der Waals surface area contributed by atoms with Crippen molar-refractivity contribution in [2.75, 3.05) is 33.9 Å². The van der Waals surface area contributed by atoms with Gasteiger partial charge in [0.25, 0.3) is 11.8 Å². The van der Waals surface area contributed by atoms with Crippen LogP contribution in [-0.2, 0) is 30.4 Å². The summed E-state index contributed by atoms with van der Waals surface area (Å²) in [5.74, 6) is -0.886. The first kappa shape index (κ1) is 22.6. The molecule has 0 radical (unpaired) electrons. The summed E-state index contributed by atoms with van der Waals surface area (Å²) in [6.45, 7) is 3.58. The molecule has 0 aliphatic carbocycles. The van der Waals surface area contributed by atoms with Crippen LogP contribution in [0.5, 0.6) is 0 Å². The van der Waals surface area contributed by atoms with E-state index >= 15 is 0 Å². The van der Waals surface area contributed by atoms with Crippen LogP contribution >= 0.6 is 0 Å². The molecule has 2 amide bonds. The molecule has 1 aliphatic rings. The van der Waals surface area contributed by atoms with Crippen LogP contribution in [0.3, 0.4) is 0 Å². The van der Waals surface area contributed by atoms with Crippen LogP contribution in [0.15, 0.2) is 36.0 Å². The minimum atomic E-state index is -0.306. The minimum Gasteiger partial charge on any atom is -0.463 e. The van der Waals surface area contributed by atoms with Gasteiger partial charge in [-0.1, -0.05) is 31.5 Å². The first-order valence-corrected chi connectivity index (χ1v) is 10.5. The number of amides is 2. The Balaban J connectivity index is 1.84. The van der Waals surface area contributed by atoms with E-state index in [1.807, 2.05) is 42.0 Å². The number of aromatic nitrogens is 1. The van der Waals surface area contributed by atoms with Gasteiger partial charge >= 0.3 is 5.97 Å². The van der Waals surface area contributed by atoms with Gasteiger partial charge in [-0.2, -0.15) is 0 Å². The van der Waals surface area contributed by atoms with Crippen molar-refractivity contribution in [1.82, 2.24) is 14.6 Å². The lowest BCUT2D eigenvalue weighted by molar-refractivity contribution is -0.145. The Bertz CT molecular complexity index is 994. The highest BCUT2D eigenvalue weighted by Crippen LogP contribution is 2.27. The van der Waals surface area contributed by atoms with Gasteiger partial charge in [-0.3, -0.25) is 19.4 Å². The Hall–Kier alpha value is -3.13. The smallest absolute Gasteiger partial charge is 0.307 e. The molecule has 2 aromatic rings. The molecule has 0 spiro atoms. The van der Waals surface area contributed by atoms with Crippen LogP contribution in [0.2, 0.25) is 0 Å². The van der Waals surface area contributed by atoms with Crippen LogP contribution in [0.1, 0.15) is 31.7 Å². The molecule has 1 aromatic carbocycles. The maximum atomic E-state index is 12.8. The van der Waals surface area contributed by atoms with Crippen molar-refractivity contribution in [3.8, 4) is 0 Å². The van der Waals surface area contributed by atoms with Gasteiger partial charge in [0.1, 0.15) is 12.2 Å².